The first kappa shape index (κ1) is 13.4. The zero-order chi connectivity index (χ0) is 13.2. The van der Waals surface area contributed by atoms with E-state index in [1.807, 2.05) is 0 Å². The van der Waals surface area contributed by atoms with Crippen molar-refractivity contribution >= 4 is 17.7 Å². The number of anilines is 1. The lowest BCUT2D eigenvalue weighted by Crippen LogP contribution is -2.39. The van der Waals surface area contributed by atoms with Gasteiger partial charge < -0.3 is 5.32 Å². The van der Waals surface area contributed by atoms with Crippen LogP contribution >= 0.6 is 11.8 Å². The van der Waals surface area contributed by atoms with E-state index in [1.54, 1.807) is 0 Å². The molecule has 100 valence electrons. The highest BCUT2D eigenvalue weighted by Crippen LogP contribution is 2.29. The van der Waals surface area contributed by atoms with Gasteiger partial charge in [-0.3, -0.25) is 0 Å². The van der Waals surface area contributed by atoms with Crippen LogP contribution < -0.4 is 9.74 Å². The summed E-state index contributed by atoms with van der Waals surface area (Å²) in [4.78, 5) is 7.25. The Morgan fingerprint density at radius 1 is 1.33 bits per heavy atom. The van der Waals surface area contributed by atoms with E-state index in [2.05, 4.69) is 15.3 Å². The van der Waals surface area contributed by atoms with Crippen LogP contribution in [-0.4, -0.2) is 29.1 Å². The lowest BCUT2D eigenvalue weighted by molar-refractivity contribution is -0.141. The molecule has 18 heavy (non-hydrogen) atoms. The highest BCUT2D eigenvalue weighted by Gasteiger charge is 2.33. The maximum atomic E-state index is 12.5. The molecule has 1 saturated heterocycles. The van der Waals surface area contributed by atoms with Gasteiger partial charge in [0.25, 0.3) is 0 Å². The van der Waals surface area contributed by atoms with E-state index < -0.39 is 11.9 Å². The second-order valence-corrected chi connectivity index (χ2v) is 4.40. The average Bonchev–Trinajstić information content (AvgIpc) is 2.38. The van der Waals surface area contributed by atoms with Crippen molar-refractivity contribution in [3.8, 4) is 0 Å². The van der Waals surface area contributed by atoms with Crippen molar-refractivity contribution in [1.29, 1.82) is 0 Å². The Morgan fingerprint density at radius 3 is 2.61 bits per heavy atom. The molecule has 1 aliphatic heterocycles. The summed E-state index contributed by atoms with van der Waals surface area (Å²) in [6, 6.07) is 0.785. The summed E-state index contributed by atoms with van der Waals surface area (Å²) in [5.41, 5.74) is -0.980. The van der Waals surface area contributed by atoms with Crippen LogP contribution in [0.5, 0.6) is 0 Å². The second kappa shape index (κ2) is 5.27. The molecule has 4 nitrogen and oxygen atoms in total. The van der Waals surface area contributed by atoms with E-state index >= 15 is 0 Å². The number of nitrogens with zero attached hydrogens (tertiary/aromatic N) is 3. The lowest BCUT2D eigenvalue weighted by atomic mass is 10.1. The van der Waals surface area contributed by atoms with Crippen LogP contribution in [0.2, 0.25) is 0 Å². The maximum Gasteiger partial charge on any atom is 0.433 e. The fraction of sp³-hybridized carbons (Fsp3) is 0.600. The molecule has 2 heterocycles. The van der Waals surface area contributed by atoms with E-state index in [0.717, 1.165) is 38.2 Å². The maximum absolute atomic E-state index is 12.5. The van der Waals surface area contributed by atoms with Gasteiger partial charge >= 0.3 is 6.18 Å². The van der Waals surface area contributed by atoms with Gasteiger partial charge in [-0.1, -0.05) is 0 Å². The molecule has 1 N–H and O–H groups in total. The number of halogens is 4. The molecule has 0 aromatic carbocycles. The molecule has 0 amide bonds. The van der Waals surface area contributed by atoms with E-state index in [1.165, 1.54) is 4.42 Å². The largest absolute Gasteiger partial charge is 0.433 e. The quantitative estimate of drug-likeness (QED) is 0.844. The van der Waals surface area contributed by atoms with Crippen LogP contribution in [0, 0.1) is 0 Å². The predicted octanol–water partition coefficient (Wildman–Crippen LogP) is 2.21. The van der Waals surface area contributed by atoms with Crippen molar-refractivity contribution in [2.75, 3.05) is 17.5 Å². The summed E-state index contributed by atoms with van der Waals surface area (Å²) in [6.07, 6.45) is -1.91. The monoisotopic (exact) mass is 280 g/mol. The Labute approximate surface area is 107 Å². The minimum Gasteiger partial charge on any atom is -0.317 e. The third kappa shape index (κ3) is 3.02. The minimum absolute atomic E-state index is 0.0450. The van der Waals surface area contributed by atoms with Gasteiger partial charge in [0, 0.05) is 18.0 Å². The summed E-state index contributed by atoms with van der Waals surface area (Å²) >= 11 is 6.02. The van der Waals surface area contributed by atoms with Crippen LogP contribution in [0.4, 0.5) is 19.1 Å². The molecule has 0 atom stereocenters. The first-order valence-corrected chi connectivity index (χ1v) is 5.88. The molecule has 1 aromatic heterocycles. The number of nitrogens with one attached hydrogen (secondary N) is 1. The average molecular weight is 281 g/mol. The van der Waals surface area contributed by atoms with Gasteiger partial charge in [0.15, 0.2) is 0 Å². The summed E-state index contributed by atoms with van der Waals surface area (Å²) in [5, 5.41) is 3.15. The summed E-state index contributed by atoms with van der Waals surface area (Å²) in [7, 11) is 0. The third-order valence-electron chi connectivity index (χ3n) is 2.75. The highest BCUT2D eigenvalue weighted by molar-refractivity contribution is 6.25. The molecule has 1 aliphatic rings. The zero-order valence-corrected chi connectivity index (χ0v) is 10.2. The number of alkyl halides is 3. The molecule has 2 rings (SSSR count). The zero-order valence-electron chi connectivity index (χ0n) is 9.41. The van der Waals surface area contributed by atoms with Crippen LogP contribution in [0.3, 0.4) is 0 Å². The SMILES string of the molecule is FC(F)(F)c1ccnc(N(Cl)C2CCNCC2)n1. The summed E-state index contributed by atoms with van der Waals surface area (Å²) < 4.78 is 38.7. The second-order valence-electron chi connectivity index (χ2n) is 4.03. The van der Waals surface area contributed by atoms with Gasteiger partial charge in [0.2, 0.25) is 5.95 Å². The summed E-state index contributed by atoms with van der Waals surface area (Å²) in [6.45, 7) is 1.57. The van der Waals surface area contributed by atoms with Crippen LogP contribution in [0.1, 0.15) is 18.5 Å². The van der Waals surface area contributed by atoms with E-state index in [9.17, 15) is 13.2 Å². The Morgan fingerprint density at radius 2 is 2.00 bits per heavy atom. The standard InChI is InChI=1S/C10H12ClF3N4/c11-18(7-1-4-15-5-2-7)9-16-6-3-8(17-9)10(12,13)14/h3,6-7,15H,1-2,4-5H2. The highest BCUT2D eigenvalue weighted by atomic mass is 35.5. The molecular formula is C10H12ClF3N4. The Kier molecular flexibility index (Phi) is 3.91. The van der Waals surface area contributed by atoms with Gasteiger partial charge in [0.1, 0.15) is 5.69 Å². The molecule has 0 spiro atoms. The van der Waals surface area contributed by atoms with Gasteiger partial charge in [-0.05, 0) is 32.0 Å². The van der Waals surface area contributed by atoms with Gasteiger partial charge in [0.05, 0.1) is 6.04 Å². The molecule has 1 aromatic rings. The Bertz CT molecular complexity index is 406. The molecule has 0 unspecified atom stereocenters. The number of hydrogen-bond acceptors (Lipinski definition) is 4. The van der Waals surface area contributed by atoms with Gasteiger partial charge in [-0.2, -0.15) is 13.2 Å². The Hall–Kier alpha value is -1.08. The van der Waals surface area contributed by atoms with Crippen molar-refractivity contribution in [3.05, 3.63) is 18.0 Å². The fourth-order valence-corrected chi connectivity index (χ4v) is 2.08. The van der Waals surface area contributed by atoms with Crippen LogP contribution in [0.25, 0.3) is 0 Å². The van der Waals surface area contributed by atoms with E-state index in [-0.39, 0.29) is 12.0 Å². The minimum atomic E-state index is -4.48. The van der Waals surface area contributed by atoms with Crippen molar-refractivity contribution in [3.63, 3.8) is 0 Å². The van der Waals surface area contributed by atoms with Gasteiger partial charge in [-0.25, -0.2) is 14.4 Å². The van der Waals surface area contributed by atoms with Gasteiger partial charge in [-0.15, -0.1) is 0 Å². The smallest absolute Gasteiger partial charge is 0.317 e. The van der Waals surface area contributed by atoms with Crippen molar-refractivity contribution in [2.24, 2.45) is 0 Å². The van der Waals surface area contributed by atoms with Crippen molar-refractivity contribution < 1.29 is 13.2 Å². The molecule has 0 saturated carbocycles. The first-order valence-electron chi connectivity index (χ1n) is 5.54. The molecule has 0 radical (unpaired) electrons. The molecule has 1 fully saturated rings. The van der Waals surface area contributed by atoms with Crippen LogP contribution in [-0.2, 0) is 6.18 Å². The topological polar surface area (TPSA) is 41.1 Å². The lowest BCUT2D eigenvalue weighted by Gasteiger charge is -2.29. The number of aromatic nitrogens is 2. The third-order valence-corrected chi connectivity index (χ3v) is 3.18. The van der Waals surface area contributed by atoms with Crippen molar-refractivity contribution in [1.82, 2.24) is 15.3 Å². The van der Waals surface area contributed by atoms with E-state index in [0.29, 0.717) is 0 Å². The fourth-order valence-electron chi connectivity index (χ4n) is 1.81. The van der Waals surface area contributed by atoms with Crippen molar-refractivity contribution in [2.45, 2.75) is 25.1 Å². The first-order chi connectivity index (χ1) is 8.48. The molecular weight excluding hydrogens is 269 g/mol. The Balaban J connectivity index is 2.17. The number of rotatable bonds is 2. The number of hydrogen-bond donors (Lipinski definition) is 1. The molecule has 0 aliphatic carbocycles. The number of piperidine rings is 1. The van der Waals surface area contributed by atoms with E-state index in [4.69, 9.17) is 11.8 Å². The van der Waals surface area contributed by atoms with Crippen LogP contribution in [0.15, 0.2) is 12.3 Å². The summed E-state index contributed by atoms with van der Waals surface area (Å²) in [5.74, 6) is -0.0987. The molecule has 8 heteroatoms. The predicted molar refractivity (Wildman–Crippen MR) is 61.3 cm³/mol. The molecule has 0 bridgehead atoms. The normalized spacial score (nSPS) is 17.8.